The molecular formula is C16H25ClN4OS. The second-order valence-electron chi connectivity index (χ2n) is 6.37. The number of hydrogen-bond acceptors (Lipinski definition) is 5. The van der Waals surface area contributed by atoms with Crippen LogP contribution in [-0.4, -0.2) is 46.3 Å². The van der Waals surface area contributed by atoms with Crippen LogP contribution in [0.4, 0.5) is 5.95 Å². The lowest BCUT2D eigenvalue weighted by Crippen LogP contribution is -2.35. The molecule has 3 heterocycles. The first-order chi connectivity index (χ1) is 11.3. The molecule has 7 heteroatoms. The normalized spacial score (nSPS) is 23.2. The molecule has 1 aromatic rings. The molecule has 2 aliphatic heterocycles. The molecule has 128 valence electrons. The molecule has 1 atom stereocenters. The summed E-state index contributed by atoms with van der Waals surface area (Å²) < 4.78 is 8.08. The average Bonchev–Trinajstić information content (AvgIpc) is 3.20. The van der Waals surface area contributed by atoms with Gasteiger partial charge in [-0.05, 0) is 31.6 Å². The van der Waals surface area contributed by atoms with Gasteiger partial charge in [0.2, 0.25) is 5.95 Å². The molecular weight excluding hydrogens is 332 g/mol. The number of thioether (sulfide) groups is 1. The van der Waals surface area contributed by atoms with Gasteiger partial charge in [-0.1, -0.05) is 36.4 Å². The predicted molar refractivity (Wildman–Crippen MR) is 95.3 cm³/mol. The summed E-state index contributed by atoms with van der Waals surface area (Å²) in [5, 5.41) is 9.88. The Bertz CT molecular complexity index is 522. The molecule has 1 aromatic heterocycles. The van der Waals surface area contributed by atoms with Crippen molar-refractivity contribution in [3.63, 3.8) is 0 Å². The lowest BCUT2D eigenvalue weighted by atomic mass is 10.00. The summed E-state index contributed by atoms with van der Waals surface area (Å²) in [5.74, 6) is 2.62. The van der Waals surface area contributed by atoms with Gasteiger partial charge in [-0.2, -0.15) is 0 Å². The van der Waals surface area contributed by atoms with Crippen LogP contribution < -0.4 is 4.90 Å². The maximum absolute atomic E-state index is 5.83. The third-order valence-electron chi connectivity index (χ3n) is 4.57. The van der Waals surface area contributed by atoms with Crippen molar-refractivity contribution in [3.8, 4) is 0 Å². The van der Waals surface area contributed by atoms with E-state index in [0.717, 1.165) is 61.9 Å². The second kappa shape index (κ2) is 8.40. The number of anilines is 1. The van der Waals surface area contributed by atoms with Crippen LogP contribution in [0.25, 0.3) is 0 Å². The SMILES string of the molecule is CC1CCN(c2nnc(SC/C=C/Cl)n2CC2CCCO2)CC1. The molecule has 0 aliphatic carbocycles. The Balaban J connectivity index is 1.76. The van der Waals surface area contributed by atoms with Crippen LogP contribution in [0.5, 0.6) is 0 Å². The monoisotopic (exact) mass is 356 g/mol. The number of aromatic nitrogens is 3. The standard InChI is InChI=1S/C16H25ClN4OS/c1-13-5-8-20(9-6-13)15-18-19-16(23-11-3-7-17)21(15)12-14-4-2-10-22-14/h3,7,13-14H,2,4-6,8-12H2,1H3/b7-3+. The Morgan fingerprint density at radius 2 is 2.13 bits per heavy atom. The molecule has 0 bridgehead atoms. The molecule has 3 rings (SSSR count). The van der Waals surface area contributed by atoms with E-state index >= 15 is 0 Å². The van der Waals surface area contributed by atoms with E-state index in [4.69, 9.17) is 16.3 Å². The van der Waals surface area contributed by atoms with E-state index in [1.165, 1.54) is 12.8 Å². The van der Waals surface area contributed by atoms with Crippen molar-refractivity contribution in [2.45, 2.75) is 50.4 Å². The fourth-order valence-electron chi connectivity index (χ4n) is 3.14. The van der Waals surface area contributed by atoms with E-state index in [9.17, 15) is 0 Å². The highest BCUT2D eigenvalue weighted by Gasteiger charge is 2.25. The molecule has 0 saturated carbocycles. The summed E-state index contributed by atoms with van der Waals surface area (Å²) in [6.07, 6.45) is 6.95. The molecule has 0 radical (unpaired) electrons. The molecule has 0 amide bonds. The number of rotatable bonds is 6. The minimum atomic E-state index is 0.288. The number of piperidine rings is 1. The van der Waals surface area contributed by atoms with Crippen LogP contribution in [0.2, 0.25) is 0 Å². The summed E-state index contributed by atoms with van der Waals surface area (Å²) in [5.41, 5.74) is 1.56. The van der Waals surface area contributed by atoms with Gasteiger partial charge in [0.05, 0.1) is 12.6 Å². The van der Waals surface area contributed by atoms with Crippen LogP contribution in [-0.2, 0) is 11.3 Å². The topological polar surface area (TPSA) is 43.2 Å². The van der Waals surface area contributed by atoms with Crippen molar-refractivity contribution in [1.29, 1.82) is 0 Å². The summed E-state index contributed by atoms with van der Waals surface area (Å²) in [6.45, 7) is 6.18. The quantitative estimate of drug-likeness (QED) is 0.729. The maximum Gasteiger partial charge on any atom is 0.228 e. The van der Waals surface area contributed by atoms with Gasteiger partial charge in [0, 0.05) is 31.0 Å². The number of nitrogens with zero attached hydrogens (tertiary/aromatic N) is 4. The van der Waals surface area contributed by atoms with Gasteiger partial charge in [-0.15, -0.1) is 10.2 Å². The van der Waals surface area contributed by atoms with Crippen molar-refractivity contribution in [2.24, 2.45) is 5.92 Å². The zero-order valence-electron chi connectivity index (χ0n) is 13.7. The summed E-state index contributed by atoms with van der Waals surface area (Å²) in [6, 6.07) is 0. The lowest BCUT2D eigenvalue weighted by molar-refractivity contribution is 0.0951. The zero-order valence-corrected chi connectivity index (χ0v) is 15.2. The average molecular weight is 357 g/mol. The first kappa shape index (κ1) is 17.1. The van der Waals surface area contributed by atoms with Crippen molar-refractivity contribution >= 4 is 29.3 Å². The highest BCUT2D eigenvalue weighted by molar-refractivity contribution is 7.99. The van der Waals surface area contributed by atoms with E-state index in [0.29, 0.717) is 0 Å². The molecule has 5 nitrogen and oxygen atoms in total. The fourth-order valence-corrected chi connectivity index (χ4v) is 4.09. The minimum Gasteiger partial charge on any atom is -0.376 e. The summed E-state index contributed by atoms with van der Waals surface area (Å²) in [4.78, 5) is 2.38. The molecule has 2 saturated heterocycles. The van der Waals surface area contributed by atoms with E-state index in [-0.39, 0.29) is 6.10 Å². The molecule has 1 unspecified atom stereocenters. The van der Waals surface area contributed by atoms with Gasteiger partial charge >= 0.3 is 0 Å². The Morgan fingerprint density at radius 3 is 2.83 bits per heavy atom. The summed E-state index contributed by atoms with van der Waals surface area (Å²) in [7, 11) is 0. The Morgan fingerprint density at radius 1 is 1.30 bits per heavy atom. The first-order valence-corrected chi connectivity index (χ1v) is 9.88. The zero-order chi connectivity index (χ0) is 16.1. The third kappa shape index (κ3) is 4.43. The van der Waals surface area contributed by atoms with Crippen LogP contribution in [0.1, 0.15) is 32.6 Å². The number of hydrogen-bond donors (Lipinski definition) is 0. The molecule has 2 aliphatic rings. The van der Waals surface area contributed by atoms with Crippen LogP contribution in [0.15, 0.2) is 16.8 Å². The van der Waals surface area contributed by atoms with Crippen LogP contribution >= 0.6 is 23.4 Å². The van der Waals surface area contributed by atoms with Gasteiger partial charge in [0.25, 0.3) is 0 Å². The van der Waals surface area contributed by atoms with Gasteiger partial charge < -0.3 is 9.64 Å². The van der Waals surface area contributed by atoms with Crippen molar-refractivity contribution < 1.29 is 4.74 Å². The van der Waals surface area contributed by atoms with E-state index < -0.39 is 0 Å². The minimum absolute atomic E-state index is 0.288. The number of ether oxygens (including phenoxy) is 1. The molecule has 0 N–H and O–H groups in total. The Labute approximate surface area is 147 Å². The Hall–Kier alpha value is -0.720. The fraction of sp³-hybridized carbons (Fsp3) is 0.750. The smallest absolute Gasteiger partial charge is 0.228 e. The van der Waals surface area contributed by atoms with Crippen molar-refractivity contribution in [3.05, 3.63) is 11.6 Å². The number of halogens is 1. The largest absolute Gasteiger partial charge is 0.376 e. The third-order valence-corrected chi connectivity index (χ3v) is 5.67. The highest BCUT2D eigenvalue weighted by atomic mass is 35.5. The van der Waals surface area contributed by atoms with Crippen LogP contribution in [0.3, 0.4) is 0 Å². The first-order valence-electron chi connectivity index (χ1n) is 8.45. The van der Waals surface area contributed by atoms with Crippen LogP contribution in [0, 0.1) is 5.92 Å². The maximum atomic E-state index is 5.83. The lowest BCUT2D eigenvalue weighted by Gasteiger charge is -2.31. The molecule has 0 aromatic carbocycles. The van der Waals surface area contributed by atoms with E-state index in [2.05, 4.69) is 26.6 Å². The van der Waals surface area contributed by atoms with Crippen molar-refractivity contribution in [1.82, 2.24) is 14.8 Å². The second-order valence-corrected chi connectivity index (χ2v) is 7.61. The van der Waals surface area contributed by atoms with E-state index in [1.807, 2.05) is 6.08 Å². The van der Waals surface area contributed by atoms with Gasteiger partial charge in [0.15, 0.2) is 5.16 Å². The van der Waals surface area contributed by atoms with Crippen molar-refractivity contribution in [2.75, 3.05) is 30.3 Å². The molecule has 0 spiro atoms. The molecule has 23 heavy (non-hydrogen) atoms. The Kier molecular flexibility index (Phi) is 6.25. The summed E-state index contributed by atoms with van der Waals surface area (Å²) >= 11 is 7.30. The van der Waals surface area contributed by atoms with Gasteiger partial charge in [-0.25, -0.2) is 0 Å². The highest BCUT2D eigenvalue weighted by Crippen LogP contribution is 2.28. The predicted octanol–water partition coefficient (Wildman–Crippen LogP) is 3.54. The molecule has 2 fully saturated rings. The van der Waals surface area contributed by atoms with Gasteiger partial charge in [-0.3, -0.25) is 4.57 Å². The van der Waals surface area contributed by atoms with E-state index in [1.54, 1.807) is 17.3 Å². The van der Waals surface area contributed by atoms with Gasteiger partial charge in [0.1, 0.15) is 0 Å².